The standard InChI is InChI=1S/C25H25F3N4O2/c1-18-9-5-6-14-22(18)31-24(34)32(21-12-3-2-4-13-21)16-8-15-29-23(33)30-20-11-7-10-19(17-20)25(26,27)28/h2-7,9-14,17H,8,15-16H2,1H3,(H,31,34)(H2,29,30,33). The van der Waals surface area contributed by atoms with Gasteiger partial charge in [-0.05, 0) is 55.3 Å². The molecule has 4 amide bonds. The third kappa shape index (κ3) is 6.99. The van der Waals surface area contributed by atoms with Crippen molar-refractivity contribution in [3.8, 4) is 0 Å². The molecule has 0 aromatic heterocycles. The van der Waals surface area contributed by atoms with Gasteiger partial charge in [0.1, 0.15) is 0 Å². The minimum absolute atomic E-state index is 0.0378. The van der Waals surface area contributed by atoms with Crippen molar-refractivity contribution in [2.75, 3.05) is 28.6 Å². The number of urea groups is 2. The van der Waals surface area contributed by atoms with E-state index in [0.29, 0.717) is 24.3 Å². The predicted octanol–water partition coefficient (Wildman–Crippen LogP) is 6.26. The molecule has 3 aromatic carbocycles. The maximum Gasteiger partial charge on any atom is 0.416 e. The Morgan fingerprint density at radius 2 is 1.59 bits per heavy atom. The van der Waals surface area contributed by atoms with E-state index in [1.807, 2.05) is 61.5 Å². The molecule has 0 aliphatic heterocycles. The Morgan fingerprint density at radius 1 is 0.882 bits per heavy atom. The number of hydrogen-bond acceptors (Lipinski definition) is 2. The molecule has 0 aliphatic rings. The second kappa shape index (κ2) is 11.2. The molecule has 34 heavy (non-hydrogen) atoms. The van der Waals surface area contributed by atoms with E-state index in [2.05, 4.69) is 16.0 Å². The van der Waals surface area contributed by atoms with Crippen LogP contribution in [0, 0.1) is 6.92 Å². The number of nitrogens with zero attached hydrogens (tertiary/aromatic N) is 1. The number of rotatable bonds is 7. The lowest BCUT2D eigenvalue weighted by Gasteiger charge is -2.24. The van der Waals surface area contributed by atoms with Crippen LogP contribution in [0.1, 0.15) is 17.5 Å². The van der Waals surface area contributed by atoms with Crippen LogP contribution in [0.15, 0.2) is 78.9 Å². The molecule has 0 unspecified atom stereocenters. The van der Waals surface area contributed by atoms with Crippen LogP contribution in [0.25, 0.3) is 0 Å². The quantitative estimate of drug-likeness (QED) is 0.357. The van der Waals surface area contributed by atoms with Gasteiger partial charge in [0.05, 0.1) is 5.56 Å². The number of benzene rings is 3. The molecule has 0 aliphatic carbocycles. The van der Waals surface area contributed by atoms with Crippen LogP contribution >= 0.6 is 0 Å². The SMILES string of the molecule is Cc1ccccc1NC(=O)N(CCCNC(=O)Nc1cccc(C(F)(F)F)c1)c1ccccc1. The maximum atomic E-state index is 13.0. The van der Waals surface area contributed by atoms with Crippen molar-refractivity contribution in [3.05, 3.63) is 90.0 Å². The number of carbonyl (C=O) groups excluding carboxylic acids is 2. The highest BCUT2D eigenvalue weighted by atomic mass is 19.4. The van der Waals surface area contributed by atoms with Gasteiger partial charge in [-0.1, -0.05) is 42.5 Å². The van der Waals surface area contributed by atoms with Crippen LogP contribution in [0.2, 0.25) is 0 Å². The molecule has 0 atom stereocenters. The van der Waals surface area contributed by atoms with Crippen molar-refractivity contribution in [2.24, 2.45) is 0 Å². The Hall–Kier alpha value is -4.01. The van der Waals surface area contributed by atoms with Crippen molar-refractivity contribution in [2.45, 2.75) is 19.5 Å². The van der Waals surface area contributed by atoms with E-state index in [1.54, 1.807) is 4.90 Å². The van der Waals surface area contributed by atoms with Crippen LogP contribution in [-0.4, -0.2) is 25.2 Å². The fourth-order valence-corrected chi connectivity index (χ4v) is 3.24. The third-order valence-electron chi connectivity index (χ3n) is 4.99. The number of alkyl halides is 3. The van der Waals surface area contributed by atoms with E-state index in [-0.39, 0.29) is 18.3 Å². The van der Waals surface area contributed by atoms with E-state index in [1.165, 1.54) is 12.1 Å². The fourth-order valence-electron chi connectivity index (χ4n) is 3.24. The van der Waals surface area contributed by atoms with Gasteiger partial charge in [-0.3, -0.25) is 4.90 Å². The Bertz CT molecular complexity index is 1120. The van der Waals surface area contributed by atoms with Crippen LogP contribution in [-0.2, 0) is 6.18 Å². The summed E-state index contributed by atoms with van der Waals surface area (Å²) in [5, 5.41) is 7.90. The topological polar surface area (TPSA) is 73.5 Å². The first-order valence-electron chi connectivity index (χ1n) is 10.7. The molecule has 0 spiro atoms. The zero-order valence-corrected chi connectivity index (χ0v) is 18.5. The van der Waals surface area contributed by atoms with Gasteiger partial charge in [0, 0.05) is 30.2 Å². The Balaban J connectivity index is 1.56. The molecule has 0 saturated heterocycles. The molecular formula is C25H25F3N4O2. The van der Waals surface area contributed by atoms with E-state index in [9.17, 15) is 22.8 Å². The van der Waals surface area contributed by atoms with Gasteiger partial charge in [0.2, 0.25) is 0 Å². The fraction of sp³-hybridized carbons (Fsp3) is 0.200. The van der Waals surface area contributed by atoms with Crippen LogP contribution in [0.3, 0.4) is 0 Å². The van der Waals surface area contributed by atoms with Gasteiger partial charge >= 0.3 is 18.2 Å². The van der Waals surface area contributed by atoms with Gasteiger partial charge in [0.15, 0.2) is 0 Å². The lowest BCUT2D eigenvalue weighted by molar-refractivity contribution is -0.137. The van der Waals surface area contributed by atoms with Crippen LogP contribution < -0.4 is 20.9 Å². The Morgan fingerprint density at radius 3 is 2.29 bits per heavy atom. The zero-order chi connectivity index (χ0) is 24.6. The number of aryl methyl sites for hydroxylation is 1. The molecule has 178 valence electrons. The number of hydrogen-bond donors (Lipinski definition) is 3. The lowest BCUT2D eigenvalue weighted by Crippen LogP contribution is -2.38. The molecule has 0 bridgehead atoms. The lowest BCUT2D eigenvalue weighted by atomic mass is 10.2. The van der Waals surface area contributed by atoms with Crippen LogP contribution in [0.5, 0.6) is 0 Å². The highest BCUT2D eigenvalue weighted by molar-refractivity contribution is 6.02. The highest BCUT2D eigenvalue weighted by Crippen LogP contribution is 2.30. The largest absolute Gasteiger partial charge is 0.416 e. The molecule has 6 nitrogen and oxygen atoms in total. The number of nitrogens with one attached hydrogen (secondary N) is 3. The summed E-state index contributed by atoms with van der Waals surface area (Å²) in [6.07, 6.45) is -4.07. The molecule has 0 fully saturated rings. The number of carbonyl (C=O) groups is 2. The summed E-state index contributed by atoms with van der Waals surface area (Å²) in [5.74, 6) is 0. The average Bonchev–Trinajstić information content (AvgIpc) is 2.80. The van der Waals surface area contributed by atoms with Crippen molar-refractivity contribution in [3.63, 3.8) is 0 Å². The Labute approximate surface area is 195 Å². The molecule has 9 heteroatoms. The summed E-state index contributed by atoms with van der Waals surface area (Å²) < 4.78 is 38.5. The van der Waals surface area contributed by atoms with E-state index < -0.39 is 17.8 Å². The average molecular weight is 470 g/mol. The smallest absolute Gasteiger partial charge is 0.338 e. The molecule has 3 N–H and O–H groups in total. The minimum atomic E-state index is -4.49. The normalized spacial score (nSPS) is 10.9. The summed E-state index contributed by atoms with van der Waals surface area (Å²) in [6.45, 7) is 2.42. The van der Waals surface area contributed by atoms with E-state index >= 15 is 0 Å². The van der Waals surface area contributed by atoms with Crippen LogP contribution in [0.4, 0.5) is 39.8 Å². The summed E-state index contributed by atoms with van der Waals surface area (Å²) in [6, 6.07) is 20.0. The number of para-hydroxylation sites is 2. The predicted molar refractivity (Wildman–Crippen MR) is 127 cm³/mol. The highest BCUT2D eigenvalue weighted by Gasteiger charge is 2.30. The van der Waals surface area contributed by atoms with Gasteiger partial charge < -0.3 is 16.0 Å². The zero-order valence-electron chi connectivity index (χ0n) is 18.5. The molecular weight excluding hydrogens is 445 g/mol. The summed E-state index contributed by atoms with van der Waals surface area (Å²) in [4.78, 5) is 26.6. The third-order valence-corrected chi connectivity index (χ3v) is 4.99. The van der Waals surface area contributed by atoms with E-state index in [4.69, 9.17) is 0 Å². The van der Waals surface area contributed by atoms with Gasteiger partial charge in [0.25, 0.3) is 0 Å². The first kappa shape index (κ1) is 24.6. The second-order valence-electron chi connectivity index (χ2n) is 7.55. The van der Waals surface area contributed by atoms with E-state index in [0.717, 1.165) is 17.7 Å². The number of anilines is 3. The monoisotopic (exact) mass is 470 g/mol. The van der Waals surface area contributed by atoms with Crippen molar-refractivity contribution in [1.82, 2.24) is 5.32 Å². The summed E-state index contributed by atoms with van der Waals surface area (Å²) >= 11 is 0. The number of halogens is 3. The first-order chi connectivity index (χ1) is 16.2. The minimum Gasteiger partial charge on any atom is -0.338 e. The maximum absolute atomic E-state index is 13.0. The van der Waals surface area contributed by atoms with Gasteiger partial charge in [-0.15, -0.1) is 0 Å². The first-order valence-corrected chi connectivity index (χ1v) is 10.7. The molecule has 3 aromatic rings. The molecule has 3 rings (SSSR count). The van der Waals surface area contributed by atoms with Gasteiger partial charge in [-0.2, -0.15) is 13.2 Å². The van der Waals surface area contributed by atoms with Crippen molar-refractivity contribution >= 4 is 29.1 Å². The molecule has 0 radical (unpaired) electrons. The van der Waals surface area contributed by atoms with Gasteiger partial charge in [-0.25, -0.2) is 9.59 Å². The summed E-state index contributed by atoms with van der Waals surface area (Å²) in [5.41, 5.74) is 1.52. The number of amides is 4. The van der Waals surface area contributed by atoms with Crippen molar-refractivity contribution < 1.29 is 22.8 Å². The summed E-state index contributed by atoms with van der Waals surface area (Å²) in [7, 11) is 0. The Kier molecular flexibility index (Phi) is 8.13. The van der Waals surface area contributed by atoms with Crippen molar-refractivity contribution in [1.29, 1.82) is 0 Å². The second-order valence-corrected chi connectivity index (χ2v) is 7.55. The molecule has 0 heterocycles. The molecule has 0 saturated carbocycles.